The van der Waals surface area contributed by atoms with Crippen LogP contribution in [0.1, 0.15) is 65.6 Å². The maximum atomic E-state index is 11.0. The first-order chi connectivity index (χ1) is 7.38. The summed E-state index contributed by atoms with van der Waals surface area (Å²) in [6.45, 7) is 0. The largest absolute Gasteiger partial charge is 0.298 e. The number of hydrogen-bond donors (Lipinski definition) is 0. The molecule has 0 radical (unpaired) electrons. The summed E-state index contributed by atoms with van der Waals surface area (Å²) in [5.74, 6) is 1.24. The molecule has 1 heterocycles. The predicted molar refractivity (Wildman–Crippen MR) is 58.2 cm³/mol. The van der Waals surface area contributed by atoms with Crippen LogP contribution in [0, 0.1) is 0 Å². The number of pyridine rings is 1. The van der Waals surface area contributed by atoms with Gasteiger partial charge in [-0.3, -0.25) is 9.78 Å². The molecule has 2 heteroatoms. The summed E-state index contributed by atoms with van der Waals surface area (Å²) in [5.41, 5.74) is 3.14. The molecule has 2 fully saturated rings. The van der Waals surface area contributed by atoms with E-state index in [2.05, 4.69) is 11.1 Å². The standard InChI is InChI=1S/C13H15NO/c15-8-12-6-11(9-2-1-3-9)7-14-13(12)10-4-5-10/h6-10H,1-5H2. The van der Waals surface area contributed by atoms with Crippen LogP contribution in [-0.2, 0) is 0 Å². The van der Waals surface area contributed by atoms with Gasteiger partial charge in [-0.15, -0.1) is 0 Å². The number of rotatable bonds is 3. The second-order valence-electron chi connectivity index (χ2n) is 4.76. The molecule has 0 amide bonds. The van der Waals surface area contributed by atoms with E-state index in [0.717, 1.165) is 17.5 Å². The van der Waals surface area contributed by atoms with E-state index in [9.17, 15) is 4.79 Å². The van der Waals surface area contributed by atoms with Gasteiger partial charge in [0.05, 0.1) is 5.69 Å². The Kier molecular flexibility index (Phi) is 2.08. The Labute approximate surface area is 89.7 Å². The zero-order valence-electron chi connectivity index (χ0n) is 8.78. The van der Waals surface area contributed by atoms with E-state index >= 15 is 0 Å². The van der Waals surface area contributed by atoms with Crippen molar-refractivity contribution in [2.75, 3.05) is 0 Å². The van der Waals surface area contributed by atoms with Crippen LogP contribution in [0.5, 0.6) is 0 Å². The number of nitrogens with zero attached hydrogens (tertiary/aromatic N) is 1. The first kappa shape index (κ1) is 9.08. The second-order valence-corrected chi connectivity index (χ2v) is 4.76. The van der Waals surface area contributed by atoms with E-state index in [1.165, 1.54) is 37.7 Å². The van der Waals surface area contributed by atoms with Gasteiger partial charge >= 0.3 is 0 Å². The zero-order valence-corrected chi connectivity index (χ0v) is 8.78. The highest BCUT2D eigenvalue weighted by Gasteiger charge is 2.28. The summed E-state index contributed by atoms with van der Waals surface area (Å²) in [7, 11) is 0. The van der Waals surface area contributed by atoms with Crippen molar-refractivity contribution in [2.45, 2.75) is 43.9 Å². The Morgan fingerprint density at radius 2 is 2.00 bits per heavy atom. The summed E-state index contributed by atoms with van der Waals surface area (Å²) in [6.07, 6.45) is 9.23. The zero-order chi connectivity index (χ0) is 10.3. The predicted octanol–water partition coefficient (Wildman–Crippen LogP) is 3.04. The van der Waals surface area contributed by atoms with Gasteiger partial charge in [-0.2, -0.15) is 0 Å². The summed E-state index contributed by atoms with van der Waals surface area (Å²) >= 11 is 0. The molecule has 3 rings (SSSR count). The van der Waals surface area contributed by atoms with Crippen molar-refractivity contribution in [1.29, 1.82) is 0 Å². The first-order valence-corrected chi connectivity index (χ1v) is 5.83. The molecule has 0 spiro atoms. The quantitative estimate of drug-likeness (QED) is 0.703. The van der Waals surface area contributed by atoms with Crippen LogP contribution in [0.3, 0.4) is 0 Å². The number of hydrogen-bond acceptors (Lipinski definition) is 2. The number of carbonyl (C=O) groups is 1. The highest BCUT2D eigenvalue weighted by molar-refractivity contribution is 5.77. The topological polar surface area (TPSA) is 30.0 Å². The third-order valence-electron chi connectivity index (χ3n) is 3.64. The van der Waals surface area contributed by atoms with Crippen molar-refractivity contribution in [3.05, 3.63) is 29.1 Å². The Bertz CT molecular complexity index is 392. The van der Waals surface area contributed by atoms with Crippen molar-refractivity contribution in [3.63, 3.8) is 0 Å². The van der Waals surface area contributed by atoms with Crippen LogP contribution in [0.4, 0.5) is 0 Å². The molecular weight excluding hydrogens is 186 g/mol. The van der Waals surface area contributed by atoms with Gasteiger partial charge in [-0.25, -0.2) is 0 Å². The molecule has 2 nitrogen and oxygen atoms in total. The lowest BCUT2D eigenvalue weighted by Crippen LogP contribution is -2.10. The van der Waals surface area contributed by atoms with Gasteiger partial charge in [0.2, 0.25) is 0 Å². The van der Waals surface area contributed by atoms with Gasteiger partial charge in [0.25, 0.3) is 0 Å². The summed E-state index contributed by atoms with van der Waals surface area (Å²) in [4.78, 5) is 15.5. The molecule has 0 N–H and O–H groups in total. The molecule has 15 heavy (non-hydrogen) atoms. The lowest BCUT2D eigenvalue weighted by atomic mass is 9.80. The molecule has 2 aliphatic carbocycles. The molecule has 0 saturated heterocycles. The molecular formula is C13H15NO. The van der Waals surface area contributed by atoms with Crippen molar-refractivity contribution >= 4 is 6.29 Å². The molecule has 0 aromatic carbocycles. The molecule has 2 aliphatic rings. The van der Waals surface area contributed by atoms with Gasteiger partial charge in [0, 0.05) is 17.7 Å². The van der Waals surface area contributed by atoms with Crippen molar-refractivity contribution in [1.82, 2.24) is 4.98 Å². The van der Waals surface area contributed by atoms with Crippen LogP contribution in [0.2, 0.25) is 0 Å². The van der Waals surface area contributed by atoms with Crippen LogP contribution < -0.4 is 0 Å². The van der Waals surface area contributed by atoms with Gasteiger partial charge in [0.15, 0.2) is 6.29 Å². The molecule has 78 valence electrons. The Morgan fingerprint density at radius 3 is 2.53 bits per heavy atom. The van der Waals surface area contributed by atoms with E-state index in [0.29, 0.717) is 11.8 Å². The average Bonchev–Trinajstić information content (AvgIpc) is 2.98. The monoisotopic (exact) mass is 201 g/mol. The van der Waals surface area contributed by atoms with E-state index in [4.69, 9.17) is 0 Å². The molecule has 2 saturated carbocycles. The third kappa shape index (κ3) is 1.58. The van der Waals surface area contributed by atoms with Gasteiger partial charge in [-0.05, 0) is 43.2 Å². The van der Waals surface area contributed by atoms with Gasteiger partial charge in [-0.1, -0.05) is 6.42 Å². The molecule has 0 bridgehead atoms. The summed E-state index contributed by atoms with van der Waals surface area (Å²) in [6, 6.07) is 2.07. The Balaban J connectivity index is 1.94. The lowest BCUT2D eigenvalue weighted by molar-refractivity contribution is 0.112. The van der Waals surface area contributed by atoms with Crippen LogP contribution in [-0.4, -0.2) is 11.3 Å². The number of carbonyl (C=O) groups excluding carboxylic acids is 1. The van der Waals surface area contributed by atoms with Crippen LogP contribution in [0.25, 0.3) is 0 Å². The Hall–Kier alpha value is -1.18. The summed E-state index contributed by atoms with van der Waals surface area (Å²) in [5, 5.41) is 0. The van der Waals surface area contributed by atoms with Crippen molar-refractivity contribution in [3.8, 4) is 0 Å². The third-order valence-corrected chi connectivity index (χ3v) is 3.64. The lowest BCUT2D eigenvalue weighted by Gasteiger charge is -2.25. The second kappa shape index (κ2) is 3.44. The SMILES string of the molecule is O=Cc1cc(C2CCC2)cnc1C1CC1. The van der Waals surface area contributed by atoms with E-state index < -0.39 is 0 Å². The fourth-order valence-corrected chi connectivity index (χ4v) is 2.27. The highest BCUT2D eigenvalue weighted by atomic mass is 16.1. The number of aldehydes is 1. The number of aromatic nitrogens is 1. The fourth-order valence-electron chi connectivity index (χ4n) is 2.27. The van der Waals surface area contributed by atoms with Crippen molar-refractivity contribution < 1.29 is 4.79 Å². The molecule has 0 atom stereocenters. The molecule has 1 aromatic heterocycles. The van der Waals surface area contributed by atoms with Gasteiger partial charge < -0.3 is 0 Å². The minimum Gasteiger partial charge on any atom is -0.298 e. The highest BCUT2D eigenvalue weighted by Crippen LogP contribution is 2.42. The average molecular weight is 201 g/mol. The smallest absolute Gasteiger partial charge is 0.151 e. The van der Waals surface area contributed by atoms with E-state index in [1.807, 2.05) is 6.20 Å². The minimum absolute atomic E-state index is 0.570. The van der Waals surface area contributed by atoms with E-state index in [1.54, 1.807) is 0 Å². The molecule has 0 aliphatic heterocycles. The van der Waals surface area contributed by atoms with Crippen LogP contribution in [0.15, 0.2) is 12.3 Å². The Morgan fingerprint density at radius 1 is 1.20 bits per heavy atom. The maximum Gasteiger partial charge on any atom is 0.151 e. The molecule has 1 aromatic rings. The fraction of sp³-hybridized carbons (Fsp3) is 0.538. The first-order valence-electron chi connectivity index (χ1n) is 5.83. The summed E-state index contributed by atoms with van der Waals surface area (Å²) < 4.78 is 0. The molecule has 0 unspecified atom stereocenters. The minimum atomic E-state index is 0.570. The van der Waals surface area contributed by atoms with Gasteiger partial charge in [0.1, 0.15) is 0 Å². The maximum absolute atomic E-state index is 11.0. The van der Waals surface area contributed by atoms with E-state index in [-0.39, 0.29) is 0 Å². The van der Waals surface area contributed by atoms with Crippen LogP contribution >= 0.6 is 0 Å². The normalized spacial score (nSPS) is 21.1. The van der Waals surface area contributed by atoms with Crippen molar-refractivity contribution in [2.24, 2.45) is 0 Å².